The van der Waals surface area contributed by atoms with Gasteiger partial charge in [0.1, 0.15) is 5.82 Å². The second kappa shape index (κ2) is 6.33. The molecule has 2 aliphatic heterocycles. The van der Waals surface area contributed by atoms with Gasteiger partial charge in [0.25, 0.3) is 0 Å². The molecule has 134 valence electrons. The fraction of sp³-hybridized carbons (Fsp3) is 0.579. The Balaban J connectivity index is 1.40. The highest BCUT2D eigenvalue weighted by Gasteiger charge is 2.39. The Morgan fingerprint density at radius 2 is 2.16 bits per heavy atom. The summed E-state index contributed by atoms with van der Waals surface area (Å²) in [6.07, 6.45) is 3.50. The number of carbonyl (C=O) groups is 1. The van der Waals surface area contributed by atoms with E-state index in [1.165, 1.54) is 24.0 Å². The number of aromatic nitrogens is 2. The highest BCUT2D eigenvalue weighted by atomic mass is 16.2. The van der Waals surface area contributed by atoms with Gasteiger partial charge in [0.15, 0.2) is 0 Å². The van der Waals surface area contributed by atoms with E-state index in [1.54, 1.807) is 0 Å². The highest BCUT2D eigenvalue weighted by Crippen LogP contribution is 2.35. The molecular weight excluding hydrogens is 314 g/mol. The Morgan fingerprint density at radius 1 is 1.32 bits per heavy atom. The first-order chi connectivity index (χ1) is 12.0. The number of H-pyrrole nitrogens is 1. The van der Waals surface area contributed by atoms with Crippen LogP contribution in [0.5, 0.6) is 0 Å². The average Bonchev–Trinajstić information content (AvgIpc) is 3.20. The van der Waals surface area contributed by atoms with Crippen molar-refractivity contribution in [3.8, 4) is 0 Å². The average molecular weight is 341 g/mol. The van der Waals surface area contributed by atoms with Gasteiger partial charge in [0.05, 0.1) is 17.6 Å². The zero-order chi connectivity index (χ0) is 17.4. The Morgan fingerprint density at radius 3 is 2.96 bits per heavy atom. The number of aryl methyl sites for hydroxylation is 2. The third-order valence-electron chi connectivity index (χ3n) is 5.83. The van der Waals surface area contributed by atoms with Crippen LogP contribution in [0.4, 0.5) is 4.79 Å². The quantitative estimate of drug-likeness (QED) is 0.786. The number of rotatable bonds is 2. The lowest BCUT2D eigenvalue weighted by Crippen LogP contribution is -2.50. The number of amides is 2. The van der Waals surface area contributed by atoms with Gasteiger partial charge in [-0.1, -0.05) is 0 Å². The van der Waals surface area contributed by atoms with Crippen LogP contribution in [0.15, 0.2) is 12.1 Å². The molecular formula is C19H27N5O. The zero-order valence-electron chi connectivity index (χ0n) is 15.1. The Bertz CT molecular complexity index is 751. The fourth-order valence-corrected chi connectivity index (χ4v) is 4.20. The van der Waals surface area contributed by atoms with Crippen LogP contribution in [0.2, 0.25) is 0 Å². The minimum Gasteiger partial charge on any atom is -0.340 e. The molecule has 2 fully saturated rings. The molecule has 1 atom stereocenters. The highest BCUT2D eigenvalue weighted by molar-refractivity contribution is 5.77. The second-order valence-electron chi connectivity index (χ2n) is 7.75. The van der Waals surface area contributed by atoms with Gasteiger partial charge in [-0.05, 0) is 62.9 Å². The van der Waals surface area contributed by atoms with Gasteiger partial charge in [0, 0.05) is 25.0 Å². The summed E-state index contributed by atoms with van der Waals surface area (Å²) in [5.41, 5.74) is 4.76. The molecule has 0 saturated carbocycles. The number of hydrogen-bond donors (Lipinski definition) is 3. The first kappa shape index (κ1) is 16.4. The lowest BCUT2D eigenvalue weighted by molar-refractivity contribution is 0.118. The largest absolute Gasteiger partial charge is 0.340 e. The van der Waals surface area contributed by atoms with Crippen LogP contribution < -0.4 is 10.6 Å². The van der Waals surface area contributed by atoms with E-state index in [-0.39, 0.29) is 6.03 Å². The van der Waals surface area contributed by atoms with E-state index in [0.717, 1.165) is 49.5 Å². The number of fused-ring (bicyclic) bond motifs is 1. The number of imidazole rings is 1. The van der Waals surface area contributed by atoms with Crippen molar-refractivity contribution in [2.45, 2.75) is 39.7 Å². The third-order valence-corrected chi connectivity index (χ3v) is 5.83. The number of piperidine rings is 1. The molecule has 3 N–H and O–H groups in total. The van der Waals surface area contributed by atoms with Gasteiger partial charge >= 0.3 is 6.03 Å². The number of nitrogens with zero attached hydrogens (tertiary/aromatic N) is 2. The summed E-state index contributed by atoms with van der Waals surface area (Å²) in [5, 5.41) is 6.49. The van der Waals surface area contributed by atoms with Crippen LogP contribution in [0.25, 0.3) is 11.0 Å². The third kappa shape index (κ3) is 3.23. The number of nitrogens with one attached hydrogen (secondary N) is 3. The van der Waals surface area contributed by atoms with E-state index in [0.29, 0.717) is 12.0 Å². The van der Waals surface area contributed by atoms with Crippen molar-refractivity contribution >= 4 is 17.1 Å². The van der Waals surface area contributed by atoms with Crippen LogP contribution in [0, 0.1) is 19.3 Å². The predicted molar refractivity (Wildman–Crippen MR) is 98.5 cm³/mol. The summed E-state index contributed by atoms with van der Waals surface area (Å²) in [6.45, 7) is 8.46. The van der Waals surface area contributed by atoms with Crippen molar-refractivity contribution in [1.29, 1.82) is 0 Å². The minimum atomic E-state index is 0.0267. The number of benzene rings is 1. The molecule has 1 unspecified atom stereocenters. The molecule has 6 heteroatoms. The topological polar surface area (TPSA) is 73.1 Å². The van der Waals surface area contributed by atoms with Crippen LogP contribution in [0.3, 0.4) is 0 Å². The fourth-order valence-electron chi connectivity index (χ4n) is 4.20. The van der Waals surface area contributed by atoms with E-state index in [1.807, 2.05) is 4.90 Å². The van der Waals surface area contributed by atoms with E-state index in [2.05, 4.69) is 46.6 Å². The maximum absolute atomic E-state index is 12.6. The lowest BCUT2D eigenvalue weighted by atomic mass is 9.79. The van der Waals surface area contributed by atoms with Gasteiger partial charge in [-0.15, -0.1) is 0 Å². The molecule has 2 aliphatic rings. The molecule has 6 nitrogen and oxygen atoms in total. The summed E-state index contributed by atoms with van der Waals surface area (Å²) in [4.78, 5) is 22.5. The van der Waals surface area contributed by atoms with E-state index in [4.69, 9.17) is 0 Å². The minimum absolute atomic E-state index is 0.0267. The Labute approximate surface area is 148 Å². The first-order valence-corrected chi connectivity index (χ1v) is 9.24. The van der Waals surface area contributed by atoms with E-state index in [9.17, 15) is 4.79 Å². The second-order valence-corrected chi connectivity index (χ2v) is 7.75. The molecule has 1 spiro atoms. The van der Waals surface area contributed by atoms with E-state index < -0.39 is 0 Å². The molecule has 1 aromatic carbocycles. The Hall–Kier alpha value is -2.08. The zero-order valence-corrected chi connectivity index (χ0v) is 15.1. The van der Waals surface area contributed by atoms with Crippen molar-refractivity contribution in [1.82, 2.24) is 25.5 Å². The molecule has 1 aromatic heterocycles. The van der Waals surface area contributed by atoms with Crippen LogP contribution in [-0.2, 0) is 6.54 Å². The molecule has 0 radical (unpaired) electrons. The smallest absolute Gasteiger partial charge is 0.317 e. The Kier molecular flexibility index (Phi) is 4.15. The van der Waals surface area contributed by atoms with Crippen molar-refractivity contribution < 1.29 is 4.79 Å². The molecule has 2 amide bonds. The maximum Gasteiger partial charge on any atom is 0.317 e. The lowest BCUT2D eigenvalue weighted by Gasteiger charge is -2.39. The summed E-state index contributed by atoms with van der Waals surface area (Å²) >= 11 is 0. The van der Waals surface area contributed by atoms with E-state index >= 15 is 0 Å². The molecule has 0 aliphatic carbocycles. The number of carbonyl (C=O) groups excluding carboxylic acids is 1. The van der Waals surface area contributed by atoms with Gasteiger partial charge < -0.3 is 20.5 Å². The van der Waals surface area contributed by atoms with Crippen molar-refractivity contribution in [3.05, 3.63) is 29.1 Å². The molecule has 25 heavy (non-hydrogen) atoms. The first-order valence-electron chi connectivity index (χ1n) is 9.24. The summed E-state index contributed by atoms with van der Waals surface area (Å²) in [7, 11) is 0. The van der Waals surface area contributed by atoms with Crippen LogP contribution >= 0.6 is 0 Å². The molecule has 4 rings (SSSR count). The molecule has 2 saturated heterocycles. The summed E-state index contributed by atoms with van der Waals surface area (Å²) in [6, 6.07) is 4.23. The maximum atomic E-state index is 12.6. The normalized spacial score (nSPS) is 23.5. The predicted octanol–water partition coefficient (Wildman–Crippen LogP) is 2.46. The number of aromatic amines is 1. The number of likely N-dealkylation sites (tertiary alicyclic amines) is 1. The molecule has 2 aromatic rings. The molecule has 3 heterocycles. The SMILES string of the molecule is Cc1cc2nc(CNC(=O)N3CCCC4(CCNC4)C3)[nH]c2cc1C. The van der Waals surface area contributed by atoms with Gasteiger partial charge in [-0.25, -0.2) is 9.78 Å². The van der Waals surface area contributed by atoms with Crippen molar-refractivity contribution in [2.24, 2.45) is 5.41 Å². The summed E-state index contributed by atoms with van der Waals surface area (Å²) < 4.78 is 0. The summed E-state index contributed by atoms with van der Waals surface area (Å²) in [5.74, 6) is 0.808. The molecule has 0 bridgehead atoms. The van der Waals surface area contributed by atoms with Crippen LogP contribution in [-0.4, -0.2) is 47.1 Å². The van der Waals surface area contributed by atoms with Crippen molar-refractivity contribution in [3.63, 3.8) is 0 Å². The van der Waals surface area contributed by atoms with Gasteiger partial charge in [-0.3, -0.25) is 0 Å². The number of urea groups is 1. The van der Waals surface area contributed by atoms with Gasteiger partial charge in [0.2, 0.25) is 0 Å². The van der Waals surface area contributed by atoms with Crippen molar-refractivity contribution in [2.75, 3.05) is 26.2 Å². The van der Waals surface area contributed by atoms with Gasteiger partial charge in [-0.2, -0.15) is 0 Å². The van der Waals surface area contributed by atoms with Crippen LogP contribution in [0.1, 0.15) is 36.2 Å². The number of hydrogen-bond acceptors (Lipinski definition) is 3. The standard InChI is InChI=1S/C19H27N5O/c1-13-8-15-16(9-14(13)2)23-17(22-15)10-21-18(25)24-7-3-4-19(12-24)5-6-20-11-19/h8-9,20H,3-7,10-12H2,1-2H3,(H,21,25)(H,22,23). The monoisotopic (exact) mass is 341 g/mol.